The third-order valence-corrected chi connectivity index (χ3v) is 6.90. The zero-order chi connectivity index (χ0) is 30.3. The maximum atomic E-state index is 13.2. The Morgan fingerprint density at radius 3 is 2.51 bits per heavy atom. The lowest BCUT2D eigenvalue weighted by atomic mass is 10.00. The molecule has 11 heteroatoms. The number of fused-ring (bicyclic) bond motifs is 1. The molecule has 0 unspecified atom stereocenters. The summed E-state index contributed by atoms with van der Waals surface area (Å²) in [6.07, 6.45) is 3.98. The van der Waals surface area contributed by atoms with Gasteiger partial charge in [-0.1, -0.05) is 37.3 Å². The number of aryl methyl sites for hydroxylation is 1. The number of hydrogen-bond donors (Lipinski definition) is 5. The lowest BCUT2D eigenvalue weighted by molar-refractivity contribution is -0.148. The number of nitrogens with zero attached hydrogens (tertiary/aromatic N) is 2. The number of aliphatic hydroxyl groups excluding tert-OH is 1. The molecule has 3 rings (SSSR count). The summed E-state index contributed by atoms with van der Waals surface area (Å²) >= 11 is 0. The summed E-state index contributed by atoms with van der Waals surface area (Å²) < 4.78 is 0. The summed E-state index contributed by atoms with van der Waals surface area (Å²) in [5, 5.41) is 27.0. The zero-order valence-electron chi connectivity index (χ0n) is 24.1. The van der Waals surface area contributed by atoms with E-state index in [0.29, 0.717) is 25.0 Å². The second-order valence-corrected chi connectivity index (χ2v) is 10.4. The van der Waals surface area contributed by atoms with Crippen molar-refractivity contribution in [2.45, 2.75) is 72.1 Å². The summed E-state index contributed by atoms with van der Waals surface area (Å²) in [5.74, 6) is -3.78. The third kappa shape index (κ3) is 8.21. The fourth-order valence-corrected chi connectivity index (χ4v) is 4.46. The highest BCUT2D eigenvalue weighted by molar-refractivity contribution is 6.01. The predicted molar refractivity (Wildman–Crippen MR) is 155 cm³/mol. The Hall–Kier alpha value is -4.09. The topological polar surface area (TPSA) is 161 Å². The number of nitrogens with one attached hydrogen (secondary N) is 3. The van der Waals surface area contributed by atoms with Crippen LogP contribution in [0.25, 0.3) is 17.0 Å². The molecular formula is C30H39N5O6. The maximum absolute atomic E-state index is 13.2. The number of allylic oxidation sites excluding steroid dienone is 1. The van der Waals surface area contributed by atoms with Crippen LogP contribution in [0.1, 0.15) is 58.7 Å². The van der Waals surface area contributed by atoms with Crippen molar-refractivity contribution in [2.24, 2.45) is 5.92 Å². The number of carbonyl (C=O) groups is 4. The van der Waals surface area contributed by atoms with Crippen LogP contribution in [-0.2, 0) is 25.6 Å². The fraction of sp³-hybridized carbons (Fsp3) is 0.433. The molecule has 1 aromatic heterocycles. The molecule has 0 saturated carbocycles. The molecule has 41 heavy (non-hydrogen) atoms. The van der Waals surface area contributed by atoms with Gasteiger partial charge in [-0.2, -0.15) is 0 Å². The minimum atomic E-state index is -1.06. The van der Waals surface area contributed by atoms with Gasteiger partial charge in [0.2, 0.25) is 5.91 Å². The number of carboxylic acids is 1. The summed E-state index contributed by atoms with van der Waals surface area (Å²) in [4.78, 5) is 55.1. The van der Waals surface area contributed by atoms with Crippen LogP contribution in [0.4, 0.5) is 0 Å². The van der Waals surface area contributed by atoms with E-state index in [1.54, 1.807) is 26.0 Å². The smallest absolute Gasteiger partial charge is 0.322 e. The number of hydrogen-bond acceptors (Lipinski definition) is 7. The average Bonchev–Trinajstić information content (AvgIpc) is 2.94. The molecular weight excluding hydrogens is 526 g/mol. The number of hydrazine groups is 1. The van der Waals surface area contributed by atoms with E-state index in [1.165, 1.54) is 18.9 Å². The van der Waals surface area contributed by atoms with Crippen LogP contribution >= 0.6 is 0 Å². The van der Waals surface area contributed by atoms with E-state index < -0.39 is 47.8 Å². The highest BCUT2D eigenvalue weighted by Gasteiger charge is 2.31. The van der Waals surface area contributed by atoms with Gasteiger partial charge in [0.1, 0.15) is 17.8 Å². The summed E-state index contributed by atoms with van der Waals surface area (Å²) in [6.45, 7) is 8.61. The second-order valence-electron chi connectivity index (χ2n) is 10.4. The van der Waals surface area contributed by atoms with E-state index in [-0.39, 0.29) is 5.70 Å². The molecule has 0 bridgehead atoms. The normalized spacial score (nSPS) is 17.5. The van der Waals surface area contributed by atoms with Crippen molar-refractivity contribution in [1.82, 2.24) is 26.1 Å². The van der Waals surface area contributed by atoms with Crippen molar-refractivity contribution in [3.63, 3.8) is 0 Å². The zero-order valence-corrected chi connectivity index (χ0v) is 24.1. The van der Waals surface area contributed by atoms with Crippen LogP contribution in [0, 0.1) is 5.92 Å². The number of rotatable bonds is 10. The van der Waals surface area contributed by atoms with Crippen LogP contribution < -0.4 is 16.1 Å². The third-order valence-electron chi connectivity index (χ3n) is 6.90. The molecule has 0 radical (unpaired) electrons. The molecule has 1 fully saturated rings. The molecule has 4 atom stereocenters. The van der Waals surface area contributed by atoms with Crippen molar-refractivity contribution in [3.05, 3.63) is 58.9 Å². The summed E-state index contributed by atoms with van der Waals surface area (Å²) in [5.41, 5.74) is 5.74. The summed E-state index contributed by atoms with van der Waals surface area (Å²) in [6, 6.07) is 7.87. The first-order valence-electron chi connectivity index (χ1n) is 13.8. The highest BCUT2D eigenvalue weighted by atomic mass is 16.4. The van der Waals surface area contributed by atoms with Gasteiger partial charge in [0, 0.05) is 17.6 Å². The highest BCUT2D eigenvalue weighted by Crippen LogP contribution is 2.18. The van der Waals surface area contributed by atoms with Gasteiger partial charge >= 0.3 is 5.97 Å². The van der Waals surface area contributed by atoms with Crippen LogP contribution in [0.3, 0.4) is 0 Å². The Morgan fingerprint density at radius 2 is 1.88 bits per heavy atom. The molecule has 0 spiro atoms. The number of aliphatic hydroxyl groups is 1. The van der Waals surface area contributed by atoms with Crippen LogP contribution in [0.2, 0.25) is 0 Å². The number of carboxylic acid groups (broad SMARTS) is 1. The lowest BCUT2D eigenvalue weighted by Gasteiger charge is -2.33. The standard InChI is InChI=1S/C30H39N5O6/c1-6-22-13-12-21-11-9-20(16-25(21)32-22)10-14-23(19(5)36)27(37)33-26(17(2)3)28(38)31-18(4)29(39)35-15-7-8-24(34-35)30(40)41/h9-14,16,18-19,23-24,34,36H,6-8,15H2,1-5H3,(H,31,38)(H,33,37)(H,40,41)/b14-10+/t18-,19-,23+,24-/m0/s1. The Bertz CT molecular complexity index is 1360. The molecule has 0 aliphatic carbocycles. The first kappa shape index (κ1) is 31.4. The van der Waals surface area contributed by atoms with Gasteiger partial charge in [-0.05, 0) is 70.2 Å². The molecule has 11 nitrogen and oxygen atoms in total. The SMILES string of the molecule is CCc1ccc2ccc(/C=C/[C@@H](C(=O)NC(C(=O)N[C@@H](C)C(=O)N3CCC[C@@H](C(=O)O)N3)=C(C)C)[C@H](C)O)cc2n1. The lowest BCUT2D eigenvalue weighted by Crippen LogP contribution is -2.59. The first-order chi connectivity index (χ1) is 19.4. The number of benzene rings is 1. The van der Waals surface area contributed by atoms with Crippen molar-refractivity contribution in [1.29, 1.82) is 0 Å². The Kier molecular flexibility index (Phi) is 10.7. The van der Waals surface area contributed by atoms with Crippen LogP contribution in [0.5, 0.6) is 0 Å². The van der Waals surface area contributed by atoms with Crippen molar-refractivity contribution in [3.8, 4) is 0 Å². The van der Waals surface area contributed by atoms with Crippen molar-refractivity contribution < 1.29 is 29.4 Å². The summed E-state index contributed by atoms with van der Waals surface area (Å²) in [7, 11) is 0. The fourth-order valence-electron chi connectivity index (χ4n) is 4.46. The van der Waals surface area contributed by atoms with Gasteiger partial charge in [-0.15, -0.1) is 0 Å². The van der Waals surface area contributed by atoms with Crippen LogP contribution in [-0.4, -0.2) is 68.6 Å². The van der Waals surface area contributed by atoms with Crippen molar-refractivity contribution >= 4 is 40.7 Å². The Morgan fingerprint density at radius 1 is 1.17 bits per heavy atom. The van der Waals surface area contributed by atoms with Crippen LogP contribution in [0.15, 0.2) is 47.7 Å². The molecule has 1 aliphatic rings. The van der Waals surface area contributed by atoms with Gasteiger partial charge in [0.15, 0.2) is 0 Å². The number of pyridine rings is 1. The van der Waals surface area contributed by atoms with Gasteiger partial charge in [-0.3, -0.25) is 29.2 Å². The van der Waals surface area contributed by atoms with E-state index in [4.69, 9.17) is 0 Å². The van der Waals surface area contributed by atoms with Gasteiger partial charge in [0.25, 0.3) is 11.8 Å². The van der Waals surface area contributed by atoms with E-state index in [9.17, 15) is 29.4 Å². The average molecular weight is 566 g/mol. The minimum Gasteiger partial charge on any atom is -0.480 e. The Balaban J connectivity index is 1.69. The number of aromatic nitrogens is 1. The van der Waals surface area contributed by atoms with E-state index in [2.05, 4.69) is 21.0 Å². The van der Waals surface area contributed by atoms with E-state index in [0.717, 1.165) is 28.6 Å². The molecule has 1 aromatic carbocycles. The molecule has 5 N–H and O–H groups in total. The molecule has 3 amide bonds. The van der Waals surface area contributed by atoms with Crippen molar-refractivity contribution in [2.75, 3.05) is 6.54 Å². The maximum Gasteiger partial charge on any atom is 0.322 e. The molecule has 2 heterocycles. The minimum absolute atomic E-state index is 0.0364. The molecule has 220 valence electrons. The predicted octanol–water partition coefficient (Wildman–Crippen LogP) is 2.30. The van der Waals surface area contributed by atoms with E-state index >= 15 is 0 Å². The largest absolute Gasteiger partial charge is 0.480 e. The Labute approximate surface area is 239 Å². The second kappa shape index (κ2) is 14.0. The quantitative estimate of drug-likeness (QED) is 0.274. The molecule has 2 aromatic rings. The van der Waals surface area contributed by atoms with Gasteiger partial charge in [-0.25, -0.2) is 5.43 Å². The number of carbonyl (C=O) groups excluding carboxylic acids is 3. The van der Waals surface area contributed by atoms with Gasteiger partial charge < -0.3 is 20.8 Å². The first-order valence-corrected chi connectivity index (χ1v) is 13.8. The molecule has 1 aliphatic heterocycles. The molecule has 1 saturated heterocycles. The number of amides is 3. The monoisotopic (exact) mass is 565 g/mol. The number of aliphatic carboxylic acids is 1. The van der Waals surface area contributed by atoms with E-state index in [1.807, 2.05) is 37.3 Å². The van der Waals surface area contributed by atoms with Gasteiger partial charge in [0.05, 0.1) is 17.5 Å².